The molecular weight excluding hydrogens is 396 g/mol. The second-order valence-electron chi connectivity index (χ2n) is 6.88. The molecular formula is C23H24N4O4. The standard InChI is InChI=1S/C23H24N4O4/c1-27(16-17-6-3-2-4-7-17)23(30)24-14-13-21(28)25-18-9-11-19(12-10-18)26-22(29)20-8-5-15-31-20/h2-12,15H,13-14,16H2,1H3,(H,24,30)(H,25,28)(H,26,29). The zero-order chi connectivity index (χ0) is 22.1. The van der Waals surface area contributed by atoms with E-state index in [2.05, 4.69) is 16.0 Å². The summed E-state index contributed by atoms with van der Waals surface area (Å²) in [5, 5.41) is 8.19. The highest BCUT2D eigenvalue weighted by Gasteiger charge is 2.11. The molecule has 0 unspecified atom stereocenters. The molecule has 8 heteroatoms. The highest BCUT2D eigenvalue weighted by Crippen LogP contribution is 2.15. The maximum Gasteiger partial charge on any atom is 0.317 e. The van der Waals surface area contributed by atoms with E-state index in [0.717, 1.165) is 5.56 Å². The molecule has 0 atom stereocenters. The van der Waals surface area contributed by atoms with Gasteiger partial charge in [0.2, 0.25) is 5.91 Å². The monoisotopic (exact) mass is 420 g/mol. The Morgan fingerprint density at radius 3 is 2.19 bits per heavy atom. The van der Waals surface area contributed by atoms with Crippen LogP contribution in [0.3, 0.4) is 0 Å². The summed E-state index contributed by atoms with van der Waals surface area (Å²) >= 11 is 0. The molecule has 160 valence electrons. The smallest absolute Gasteiger partial charge is 0.317 e. The van der Waals surface area contributed by atoms with Gasteiger partial charge in [-0.05, 0) is 42.0 Å². The summed E-state index contributed by atoms with van der Waals surface area (Å²) in [4.78, 5) is 37.8. The Bertz CT molecular complexity index is 1000. The molecule has 0 aliphatic heterocycles. The summed E-state index contributed by atoms with van der Waals surface area (Å²) in [5.41, 5.74) is 2.20. The fraction of sp³-hybridized carbons (Fsp3) is 0.174. The predicted octanol–water partition coefficient (Wildman–Crippen LogP) is 3.70. The Hall–Kier alpha value is -4.07. The first-order valence-electron chi connectivity index (χ1n) is 9.79. The number of carbonyl (C=O) groups is 3. The molecule has 0 aliphatic rings. The van der Waals surface area contributed by atoms with Gasteiger partial charge >= 0.3 is 6.03 Å². The number of anilines is 2. The fourth-order valence-electron chi connectivity index (χ4n) is 2.81. The van der Waals surface area contributed by atoms with Crippen LogP contribution < -0.4 is 16.0 Å². The minimum atomic E-state index is -0.352. The number of rotatable bonds is 8. The van der Waals surface area contributed by atoms with Crippen molar-refractivity contribution in [1.29, 1.82) is 0 Å². The van der Waals surface area contributed by atoms with E-state index in [4.69, 9.17) is 4.42 Å². The number of hydrogen-bond donors (Lipinski definition) is 3. The van der Waals surface area contributed by atoms with Gasteiger partial charge < -0.3 is 25.3 Å². The molecule has 0 bridgehead atoms. The first-order chi connectivity index (χ1) is 15.0. The normalized spacial score (nSPS) is 10.2. The van der Waals surface area contributed by atoms with Crippen molar-refractivity contribution < 1.29 is 18.8 Å². The minimum Gasteiger partial charge on any atom is -0.459 e. The average molecular weight is 420 g/mol. The third-order valence-corrected chi connectivity index (χ3v) is 4.41. The predicted molar refractivity (Wildman–Crippen MR) is 118 cm³/mol. The number of carbonyl (C=O) groups excluding carboxylic acids is 3. The van der Waals surface area contributed by atoms with E-state index < -0.39 is 0 Å². The average Bonchev–Trinajstić information content (AvgIpc) is 3.31. The minimum absolute atomic E-state index is 0.141. The number of hydrogen-bond acceptors (Lipinski definition) is 4. The van der Waals surface area contributed by atoms with Gasteiger partial charge in [0, 0.05) is 37.9 Å². The quantitative estimate of drug-likeness (QED) is 0.517. The summed E-state index contributed by atoms with van der Waals surface area (Å²) in [7, 11) is 1.70. The van der Waals surface area contributed by atoms with E-state index >= 15 is 0 Å². The van der Waals surface area contributed by atoms with Crippen LogP contribution in [0.4, 0.5) is 16.2 Å². The molecule has 3 rings (SSSR count). The van der Waals surface area contributed by atoms with Crippen molar-refractivity contribution in [3.63, 3.8) is 0 Å². The van der Waals surface area contributed by atoms with Crippen LogP contribution in [0.1, 0.15) is 22.5 Å². The van der Waals surface area contributed by atoms with E-state index in [1.165, 1.54) is 6.26 Å². The Morgan fingerprint density at radius 1 is 0.871 bits per heavy atom. The van der Waals surface area contributed by atoms with Gasteiger partial charge in [0.25, 0.3) is 5.91 Å². The highest BCUT2D eigenvalue weighted by molar-refractivity contribution is 6.02. The van der Waals surface area contributed by atoms with E-state index in [0.29, 0.717) is 17.9 Å². The Morgan fingerprint density at radius 2 is 1.55 bits per heavy atom. The molecule has 0 spiro atoms. The van der Waals surface area contributed by atoms with Crippen molar-refractivity contribution in [2.45, 2.75) is 13.0 Å². The second-order valence-corrected chi connectivity index (χ2v) is 6.88. The van der Waals surface area contributed by atoms with E-state index in [1.807, 2.05) is 30.3 Å². The van der Waals surface area contributed by atoms with Gasteiger partial charge in [-0.2, -0.15) is 0 Å². The molecule has 0 fully saturated rings. The Balaban J connectivity index is 1.38. The molecule has 31 heavy (non-hydrogen) atoms. The number of nitrogens with one attached hydrogen (secondary N) is 3. The van der Waals surface area contributed by atoms with Gasteiger partial charge in [0.05, 0.1) is 6.26 Å². The lowest BCUT2D eigenvalue weighted by atomic mass is 10.2. The largest absolute Gasteiger partial charge is 0.459 e. The van der Waals surface area contributed by atoms with Crippen molar-refractivity contribution >= 4 is 29.2 Å². The lowest BCUT2D eigenvalue weighted by Crippen LogP contribution is -2.38. The van der Waals surface area contributed by atoms with Crippen LogP contribution in [-0.4, -0.2) is 36.3 Å². The second kappa shape index (κ2) is 10.6. The van der Waals surface area contributed by atoms with Crippen molar-refractivity contribution in [3.8, 4) is 0 Å². The van der Waals surface area contributed by atoms with Crippen molar-refractivity contribution in [1.82, 2.24) is 10.2 Å². The lowest BCUT2D eigenvalue weighted by Gasteiger charge is -2.18. The summed E-state index contributed by atoms with van der Waals surface area (Å²) in [6.45, 7) is 0.711. The van der Waals surface area contributed by atoms with Crippen molar-refractivity contribution in [2.24, 2.45) is 0 Å². The first kappa shape index (κ1) is 21.6. The molecule has 2 aromatic carbocycles. The lowest BCUT2D eigenvalue weighted by molar-refractivity contribution is -0.116. The zero-order valence-electron chi connectivity index (χ0n) is 17.1. The molecule has 8 nitrogen and oxygen atoms in total. The van der Waals surface area contributed by atoms with E-state index in [1.54, 1.807) is 48.3 Å². The molecule has 3 aromatic rings. The number of benzene rings is 2. The molecule has 0 saturated carbocycles. The molecule has 0 radical (unpaired) electrons. The van der Waals surface area contributed by atoms with Crippen LogP contribution in [-0.2, 0) is 11.3 Å². The van der Waals surface area contributed by atoms with Crippen LogP contribution in [0, 0.1) is 0 Å². The number of amides is 4. The highest BCUT2D eigenvalue weighted by atomic mass is 16.3. The molecule has 0 saturated heterocycles. The van der Waals surface area contributed by atoms with E-state index in [9.17, 15) is 14.4 Å². The van der Waals surface area contributed by atoms with Crippen LogP contribution >= 0.6 is 0 Å². The van der Waals surface area contributed by atoms with Gasteiger partial charge in [0.15, 0.2) is 5.76 Å². The van der Waals surface area contributed by atoms with Crippen LogP contribution in [0.5, 0.6) is 0 Å². The summed E-state index contributed by atoms with van der Waals surface area (Å²) in [5.74, 6) is -0.359. The number of urea groups is 1. The SMILES string of the molecule is CN(Cc1ccccc1)C(=O)NCCC(=O)Nc1ccc(NC(=O)c2ccco2)cc1. The van der Waals surface area contributed by atoms with Crippen molar-refractivity contribution in [2.75, 3.05) is 24.2 Å². The van der Waals surface area contributed by atoms with Gasteiger partial charge in [0.1, 0.15) is 0 Å². The van der Waals surface area contributed by atoms with E-state index in [-0.39, 0.29) is 36.6 Å². The van der Waals surface area contributed by atoms with Crippen LogP contribution in [0.25, 0.3) is 0 Å². The molecule has 1 heterocycles. The fourth-order valence-corrected chi connectivity index (χ4v) is 2.81. The molecule has 3 N–H and O–H groups in total. The first-order valence-corrected chi connectivity index (χ1v) is 9.79. The van der Waals surface area contributed by atoms with Gasteiger partial charge in [-0.3, -0.25) is 9.59 Å². The molecule has 4 amide bonds. The Kier molecular flexibility index (Phi) is 7.42. The number of nitrogens with zero attached hydrogens (tertiary/aromatic N) is 1. The topological polar surface area (TPSA) is 104 Å². The van der Waals surface area contributed by atoms with Gasteiger partial charge in [-0.15, -0.1) is 0 Å². The van der Waals surface area contributed by atoms with Gasteiger partial charge in [-0.1, -0.05) is 30.3 Å². The molecule has 1 aromatic heterocycles. The van der Waals surface area contributed by atoms with Gasteiger partial charge in [-0.25, -0.2) is 4.79 Å². The zero-order valence-corrected chi connectivity index (χ0v) is 17.1. The number of furan rings is 1. The summed E-state index contributed by atoms with van der Waals surface area (Å²) in [6.07, 6.45) is 1.57. The Labute approximate surface area is 180 Å². The third-order valence-electron chi connectivity index (χ3n) is 4.41. The van der Waals surface area contributed by atoms with Crippen molar-refractivity contribution in [3.05, 3.63) is 84.3 Å². The molecule has 0 aliphatic carbocycles. The maximum atomic E-state index is 12.1. The maximum absolute atomic E-state index is 12.1. The summed E-state index contributed by atoms with van der Waals surface area (Å²) in [6, 6.07) is 19.4. The summed E-state index contributed by atoms with van der Waals surface area (Å²) < 4.78 is 5.04. The third kappa shape index (κ3) is 6.74. The van der Waals surface area contributed by atoms with Crippen LogP contribution in [0.15, 0.2) is 77.4 Å². The van der Waals surface area contributed by atoms with Crippen LogP contribution in [0.2, 0.25) is 0 Å².